The number of carbonyl (C=O) groups excluding carboxylic acids is 3. The van der Waals surface area contributed by atoms with E-state index in [1.165, 1.54) is 12.0 Å². The highest BCUT2D eigenvalue weighted by Gasteiger charge is 2.45. The van der Waals surface area contributed by atoms with Gasteiger partial charge in [-0.15, -0.1) is 0 Å². The fourth-order valence-electron chi connectivity index (χ4n) is 4.49. The van der Waals surface area contributed by atoms with E-state index in [2.05, 4.69) is 10.3 Å². The number of methoxy groups -OCH3 is 2. The van der Waals surface area contributed by atoms with Gasteiger partial charge in [0.05, 0.1) is 20.3 Å². The van der Waals surface area contributed by atoms with Gasteiger partial charge in [-0.2, -0.15) is 0 Å². The zero-order valence-corrected chi connectivity index (χ0v) is 23.1. The number of hydrogen-bond donors (Lipinski definition) is 2. The van der Waals surface area contributed by atoms with Gasteiger partial charge in [0.25, 0.3) is 0 Å². The molecule has 3 rings (SSSR count). The van der Waals surface area contributed by atoms with Gasteiger partial charge in [-0.1, -0.05) is 20.8 Å². The molecule has 1 aliphatic heterocycles. The number of nitrogens with two attached hydrogens (primary N) is 1. The van der Waals surface area contributed by atoms with E-state index in [0.717, 1.165) is 10.8 Å². The van der Waals surface area contributed by atoms with Crippen LogP contribution in [0.3, 0.4) is 0 Å². The average molecular weight is 531 g/mol. The summed E-state index contributed by atoms with van der Waals surface area (Å²) in [5.41, 5.74) is 4.09. The first-order valence-electron chi connectivity index (χ1n) is 12.4. The number of hydrogen-bond acceptors (Lipinski definition) is 8. The standard InChI is InChI=1S/C27H38N4O7/c1-26(2,3)21(30-25(34)38-27(4,5)15-35-6)24(33)31-14-18(13-20(31)22(28)32)37-23-19-9-8-17(36-7)12-16(19)10-11-29-23/h8-12,18,20-21H,13-15H2,1-7H3,(H2,28,32)(H,30,34). The Kier molecular flexibility index (Phi) is 8.71. The second-order valence-electron chi connectivity index (χ2n) is 11.1. The van der Waals surface area contributed by atoms with Crippen molar-refractivity contribution in [1.82, 2.24) is 15.2 Å². The van der Waals surface area contributed by atoms with Gasteiger partial charge in [0.15, 0.2) is 0 Å². The van der Waals surface area contributed by atoms with E-state index in [1.54, 1.807) is 33.2 Å². The number of primary amides is 1. The molecule has 0 saturated carbocycles. The maximum atomic E-state index is 13.8. The van der Waals surface area contributed by atoms with Crippen molar-refractivity contribution in [1.29, 1.82) is 0 Å². The predicted molar refractivity (Wildman–Crippen MR) is 141 cm³/mol. The van der Waals surface area contributed by atoms with Gasteiger partial charge in [0, 0.05) is 25.1 Å². The lowest BCUT2D eigenvalue weighted by molar-refractivity contribution is -0.141. The van der Waals surface area contributed by atoms with Gasteiger partial charge < -0.3 is 34.9 Å². The van der Waals surface area contributed by atoms with Gasteiger partial charge in [-0.05, 0) is 48.9 Å². The monoisotopic (exact) mass is 530 g/mol. The van der Waals surface area contributed by atoms with Crippen LogP contribution in [-0.4, -0.2) is 79.0 Å². The molecule has 2 heterocycles. The summed E-state index contributed by atoms with van der Waals surface area (Å²) in [6.45, 7) is 9.12. The summed E-state index contributed by atoms with van der Waals surface area (Å²) in [7, 11) is 3.10. The van der Waals surface area contributed by atoms with E-state index < -0.39 is 47.1 Å². The van der Waals surface area contributed by atoms with Gasteiger partial charge in [0.1, 0.15) is 29.5 Å². The molecule has 3 atom stereocenters. The van der Waals surface area contributed by atoms with Crippen LogP contribution in [0.2, 0.25) is 0 Å². The molecule has 38 heavy (non-hydrogen) atoms. The third-order valence-electron chi connectivity index (χ3n) is 6.32. The van der Waals surface area contributed by atoms with Crippen molar-refractivity contribution >= 4 is 28.7 Å². The minimum atomic E-state index is -0.989. The summed E-state index contributed by atoms with van der Waals surface area (Å²) < 4.78 is 22.0. The van der Waals surface area contributed by atoms with Gasteiger partial charge in [-0.25, -0.2) is 9.78 Å². The third kappa shape index (κ3) is 6.83. The molecule has 11 nitrogen and oxygen atoms in total. The Morgan fingerprint density at radius 2 is 1.87 bits per heavy atom. The lowest BCUT2D eigenvalue weighted by atomic mass is 9.85. The van der Waals surface area contributed by atoms with Crippen molar-refractivity contribution in [3.05, 3.63) is 30.5 Å². The average Bonchev–Trinajstić information content (AvgIpc) is 3.25. The molecule has 3 unspecified atom stereocenters. The van der Waals surface area contributed by atoms with E-state index in [0.29, 0.717) is 11.6 Å². The number of benzene rings is 1. The number of rotatable bonds is 9. The summed E-state index contributed by atoms with van der Waals surface area (Å²) >= 11 is 0. The van der Waals surface area contributed by atoms with Crippen LogP contribution in [0.25, 0.3) is 10.8 Å². The summed E-state index contributed by atoms with van der Waals surface area (Å²) in [6, 6.07) is 5.46. The number of fused-ring (bicyclic) bond motifs is 1. The lowest BCUT2D eigenvalue weighted by Gasteiger charge is -2.35. The van der Waals surface area contributed by atoms with Crippen LogP contribution in [0.15, 0.2) is 30.5 Å². The largest absolute Gasteiger partial charge is 0.497 e. The maximum absolute atomic E-state index is 13.8. The Balaban J connectivity index is 1.81. The highest BCUT2D eigenvalue weighted by atomic mass is 16.6. The zero-order chi connectivity index (χ0) is 28.3. The number of carbonyl (C=O) groups is 3. The second kappa shape index (κ2) is 11.4. The second-order valence-corrected chi connectivity index (χ2v) is 11.1. The SMILES string of the molecule is COCC(C)(C)OC(=O)NC(C(=O)N1CC(Oc2nccc3cc(OC)ccc23)CC1C(N)=O)C(C)(C)C. The molecule has 0 bridgehead atoms. The zero-order valence-electron chi connectivity index (χ0n) is 23.1. The van der Waals surface area contributed by atoms with Gasteiger partial charge in [-0.3, -0.25) is 9.59 Å². The van der Waals surface area contributed by atoms with Crippen molar-refractivity contribution in [3.63, 3.8) is 0 Å². The highest BCUT2D eigenvalue weighted by molar-refractivity contribution is 5.92. The predicted octanol–water partition coefficient (Wildman–Crippen LogP) is 2.64. The van der Waals surface area contributed by atoms with Crippen LogP contribution in [0.5, 0.6) is 11.6 Å². The molecule has 3 N–H and O–H groups in total. The number of amides is 3. The Morgan fingerprint density at radius 1 is 1.16 bits per heavy atom. The van der Waals surface area contributed by atoms with Crippen LogP contribution in [0.1, 0.15) is 41.0 Å². The minimum absolute atomic E-state index is 0.0964. The van der Waals surface area contributed by atoms with Gasteiger partial charge >= 0.3 is 6.09 Å². The first-order chi connectivity index (χ1) is 17.8. The Hall–Kier alpha value is -3.60. The molecular formula is C27H38N4O7. The quantitative estimate of drug-likeness (QED) is 0.504. The third-order valence-corrected chi connectivity index (χ3v) is 6.32. The highest BCUT2D eigenvalue weighted by Crippen LogP contribution is 2.31. The number of aromatic nitrogens is 1. The van der Waals surface area contributed by atoms with Crippen molar-refractivity contribution in [3.8, 4) is 11.6 Å². The molecule has 208 valence electrons. The Labute approximate surface area is 222 Å². The summed E-state index contributed by atoms with van der Waals surface area (Å²) in [5, 5.41) is 4.32. The molecule has 11 heteroatoms. The smallest absolute Gasteiger partial charge is 0.408 e. The van der Waals surface area contributed by atoms with Crippen molar-refractivity contribution in [2.75, 3.05) is 27.4 Å². The first-order valence-corrected chi connectivity index (χ1v) is 12.4. The van der Waals surface area contributed by atoms with Crippen LogP contribution < -0.4 is 20.5 Å². The van der Waals surface area contributed by atoms with E-state index in [1.807, 2.05) is 39.0 Å². The maximum Gasteiger partial charge on any atom is 0.408 e. The molecular weight excluding hydrogens is 492 g/mol. The first kappa shape index (κ1) is 29.0. The van der Waals surface area contributed by atoms with Crippen LogP contribution in [0.4, 0.5) is 4.79 Å². The van der Waals surface area contributed by atoms with Crippen LogP contribution >= 0.6 is 0 Å². The number of ether oxygens (including phenoxy) is 4. The van der Waals surface area contributed by atoms with Crippen LogP contribution in [0, 0.1) is 5.41 Å². The molecule has 0 radical (unpaired) electrons. The minimum Gasteiger partial charge on any atom is -0.497 e. The summed E-state index contributed by atoms with van der Waals surface area (Å²) in [4.78, 5) is 44.6. The van der Waals surface area contributed by atoms with Crippen molar-refractivity contribution < 1.29 is 33.3 Å². The number of nitrogens with zero attached hydrogens (tertiary/aromatic N) is 2. The number of pyridine rings is 1. The Morgan fingerprint density at radius 3 is 2.47 bits per heavy atom. The van der Waals surface area contributed by atoms with Crippen molar-refractivity contribution in [2.24, 2.45) is 11.1 Å². The normalized spacial score (nSPS) is 18.7. The number of alkyl carbamates (subject to hydrolysis) is 1. The van der Waals surface area contributed by atoms with E-state index in [4.69, 9.17) is 24.7 Å². The number of likely N-dealkylation sites (tertiary alicyclic amines) is 1. The summed E-state index contributed by atoms with van der Waals surface area (Å²) in [6.07, 6.45) is 0.511. The van der Waals surface area contributed by atoms with E-state index in [-0.39, 0.29) is 19.6 Å². The molecule has 1 aliphatic rings. The molecule has 2 aromatic rings. The molecule has 0 aliphatic carbocycles. The van der Waals surface area contributed by atoms with E-state index in [9.17, 15) is 14.4 Å². The van der Waals surface area contributed by atoms with Crippen molar-refractivity contribution in [2.45, 2.75) is 64.8 Å². The Bertz CT molecular complexity index is 1180. The van der Waals surface area contributed by atoms with Gasteiger partial charge in [0.2, 0.25) is 17.7 Å². The molecule has 1 aromatic heterocycles. The topological polar surface area (TPSA) is 142 Å². The fourth-order valence-corrected chi connectivity index (χ4v) is 4.49. The molecule has 0 spiro atoms. The van der Waals surface area contributed by atoms with E-state index >= 15 is 0 Å². The number of nitrogens with one attached hydrogen (secondary N) is 1. The molecule has 1 aromatic carbocycles. The van der Waals surface area contributed by atoms with Crippen LogP contribution in [-0.2, 0) is 19.1 Å². The molecule has 3 amide bonds. The molecule has 1 fully saturated rings. The fraction of sp³-hybridized carbons (Fsp3) is 0.556. The molecule has 1 saturated heterocycles. The summed E-state index contributed by atoms with van der Waals surface area (Å²) in [5.74, 6) is -0.0332. The lowest BCUT2D eigenvalue weighted by Crippen LogP contribution is -2.58.